The Bertz CT molecular complexity index is 1120. The number of H-pyrrole nitrogens is 1. The van der Waals surface area contributed by atoms with Crippen LogP contribution in [-0.4, -0.2) is 78.3 Å². The molecule has 1 aliphatic heterocycles. The van der Waals surface area contributed by atoms with Crippen LogP contribution < -0.4 is 21.0 Å². The van der Waals surface area contributed by atoms with Crippen molar-refractivity contribution in [1.29, 1.82) is 0 Å². The molecule has 10 heteroatoms. The second-order valence-electron chi connectivity index (χ2n) is 8.41. The van der Waals surface area contributed by atoms with E-state index in [4.69, 9.17) is 7.85 Å². The lowest BCUT2D eigenvalue weighted by Gasteiger charge is -2.37. The van der Waals surface area contributed by atoms with E-state index in [1.165, 1.54) is 6.20 Å². The average Bonchev–Trinajstić information content (AvgIpc) is 3.22. The molecule has 0 aromatic carbocycles. The number of aromatic nitrogens is 3. The maximum absolute atomic E-state index is 12.7. The van der Waals surface area contributed by atoms with Gasteiger partial charge in [-0.1, -0.05) is 19.3 Å². The maximum Gasteiger partial charge on any atom is 0.257 e. The van der Waals surface area contributed by atoms with E-state index in [1.54, 1.807) is 30.7 Å². The molecule has 1 fully saturated rings. The van der Waals surface area contributed by atoms with Gasteiger partial charge in [0.1, 0.15) is 13.5 Å². The number of piperazine rings is 1. The van der Waals surface area contributed by atoms with Gasteiger partial charge in [-0.05, 0) is 12.1 Å². The van der Waals surface area contributed by atoms with Crippen molar-refractivity contribution in [2.24, 2.45) is 0 Å². The highest BCUT2D eigenvalue weighted by Crippen LogP contribution is 2.31. The van der Waals surface area contributed by atoms with E-state index in [0.29, 0.717) is 67.5 Å². The molecule has 2 amide bonds. The minimum absolute atomic E-state index is 0.154. The molecule has 33 heavy (non-hydrogen) atoms. The Morgan fingerprint density at radius 1 is 1.21 bits per heavy atom. The molecular weight excluding hydrogens is 417 g/mol. The lowest BCUT2D eigenvalue weighted by atomic mass is 9.93. The van der Waals surface area contributed by atoms with Crippen LogP contribution in [0.15, 0.2) is 36.9 Å². The number of hydrogen-bond acceptors (Lipinski definition) is 6. The summed E-state index contributed by atoms with van der Waals surface area (Å²) in [6.45, 7) is 7.34. The van der Waals surface area contributed by atoms with E-state index >= 15 is 0 Å². The van der Waals surface area contributed by atoms with E-state index < -0.39 is 0 Å². The minimum Gasteiger partial charge on any atom is -0.368 e. The fraction of sp³-hybridized carbons (Fsp3) is 0.391. The second-order valence-corrected chi connectivity index (χ2v) is 8.41. The van der Waals surface area contributed by atoms with Crippen LogP contribution in [0.5, 0.6) is 0 Å². The van der Waals surface area contributed by atoms with Gasteiger partial charge in [0.2, 0.25) is 5.91 Å². The number of nitrogens with one attached hydrogen (secondary N) is 3. The summed E-state index contributed by atoms with van der Waals surface area (Å²) in [5, 5.41) is 6.99. The summed E-state index contributed by atoms with van der Waals surface area (Å²) in [6, 6.07) is 3.78. The lowest BCUT2D eigenvalue weighted by molar-refractivity contribution is -0.131. The van der Waals surface area contributed by atoms with Crippen molar-refractivity contribution in [2.75, 3.05) is 42.9 Å². The first-order chi connectivity index (χ1) is 15.9. The molecule has 9 nitrogen and oxygen atoms in total. The van der Waals surface area contributed by atoms with E-state index in [-0.39, 0.29) is 11.8 Å². The van der Waals surface area contributed by atoms with Crippen LogP contribution in [0.1, 0.15) is 30.6 Å². The number of carbonyl (C=O) groups excluding carboxylic acids is 2. The Kier molecular flexibility index (Phi) is 6.93. The molecule has 3 aromatic rings. The van der Waals surface area contributed by atoms with Crippen LogP contribution in [0.25, 0.3) is 11.0 Å². The second kappa shape index (κ2) is 10.0. The number of anilines is 2. The fourth-order valence-corrected chi connectivity index (χ4v) is 4.03. The predicted molar refractivity (Wildman–Crippen MR) is 130 cm³/mol. The third-order valence-electron chi connectivity index (χ3n) is 5.71. The van der Waals surface area contributed by atoms with Crippen molar-refractivity contribution >= 4 is 47.5 Å². The monoisotopic (exact) mass is 445 g/mol. The molecule has 0 saturated carbocycles. The molecular formula is C23H28BN7O2. The number of rotatable bonds is 7. The largest absolute Gasteiger partial charge is 0.368 e. The van der Waals surface area contributed by atoms with Crippen LogP contribution >= 0.6 is 0 Å². The normalized spacial score (nSPS) is 14.2. The summed E-state index contributed by atoms with van der Waals surface area (Å²) in [6.07, 6.45) is 6.97. The molecule has 0 unspecified atom stereocenters. The summed E-state index contributed by atoms with van der Waals surface area (Å²) >= 11 is 0. The van der Waals surface area contributed by atoms with E-state index in [0.717, 1.165) is 11.1 Å². The van der Waals surface area contributed by atoms with Gasteiger partial charge in [-0.15, -0.1) is 0 Å². The fourth-order valence-electron chi connectivity index (χ4n) is 4.03. The number of fused-ring (bicyclic) bond motifs is 1. The molecule has 1 aliphatic rings. The molecule has 0 spiro atoms. The van der Waals surface area contributed by atoms with Gasteiger partial charge >= 0.3 is 0 Å². The molecule has 3 aromatic heterocycles. The number of hydrogen-bond donors (Lipinski definition) is 3. The first kappa shape index (κ1) is 22.8. The predicted octanol–water partition coefficient (Wildman–Crippen LogP) is 1.04. The Hall–Kier alpha value is -3.40. The lowest BCUT2D eigenvalue weighted by Crippen LogP contribution is -2.50. The van der Waals surface area contributed by atoms with Gasteiger partial charge in [0.05, 0.1) is 16.6 Å². The molecule has 3 N–H and O–H groups in total. The number of amides is 2. The molecule has 0 aliphatic carbocycles. The Balaban J connectivity index is 1.50. The number of carbonyl (C=O) groups is 2. The summed E-state index contributed by atoms with van der Waals surface area (Å²) in [5.41, 5.74) is 3.05. The molecule has 4 rings (SSSR count). The number of aromatic amines is 1. The van der Waals surface area contributed by atoms with Crippen molar-refractivity contribution in [3.63, 3.8) is 0 Å². The molecule has 4 heterocycles. The highest BCUT2D eigenvalue weighted by Gasteiger charge is 2.25. The molecule has 1 saturated heterocycles. The third-order valence-corrected chi connectivity index (χ3v) is 5.71. The molecule has 170 valence electrons. The first-order valence-electron chi connectivity index (χ1n) is 11.2. The van der Waals surface area contributed by atoms with Gasteiger partial charge in [-0.25, -0.2) is 4.98 Å². The number of nitrogens with zero attached hydrogens (tertiary/aromatic N) is 4. The van der Waals surface area contributed by atoms with Gasteiger partial charge in [-0.2, -0.15) is 0 Å². The zero-order valence-corrected chi connectivity index (χ0v) is 19.0. The Labute approximate surface area is 194 Å². The van der Waals surface area contributed by atoms with Gasteiger partial charge in [-0.3, -0.25) is 14.6 Å². The van der Waals surface area contributed by atoms with Crippen molar-refractivity contribution in [2.45, 2.75) is 26.3 Å². The molecule has 2 radical (unpaired) electrons. The maximum atomic E-state index is 12.7. The van der Waals surface area contributed by atoms with E-state index in [2.05, 4.69) is 44.3 Å². The van der Waals surface area contributed by atoms with Crippen LogP contribution in [0, 0.1) is 0 Å². The van der Waals surface area contributed by atoms with Gasteiger partial charge < -0.3 is 25.4 Å². The standard InChI is InChI=1S/C23H28BN7O2/c1-15(2)26-7-5-19(32)30-8-10-31(11-9-30)21-17(24)13-27-22-20(21)18(14-28-22)29-23(33)16-4-3-6-25-12-16/h3-4,6,12-15,26H,5,7-11H2,1-2H3,(H,27,28)(H,29,33). The Morgan fingerprint density at radius 2 is 2.00 bits per heavy atom. The molecule has 0 atom stereocenters. The minimum atomic E-state index is -0.261. The first-order valence-corrected chi connectivity index (χ1v) is 11.2. The summed E-state index contributed by atoms with van der Waals surface area (Å²) in [7, 11) is 6.35. The quantitative estimate of drug-likeness (QED) is 0.470. The summed E-state index contributed by atoms with van der Waals surface area (Å²) in [4.78, 5) is 40.8. The molecule has 0 bridgehead atoms. The van der Waals surface area contributed by atoms with Gasteiger partial charge in [0, 0.05) is 75.7 Å². The zero-order valence-electron chi connectivity index (χ0n) is 19.0. The van der Waals surface area contributed by atoms with Crippen LogP contribution in [0.3, 0.4) is 0 Å². The SMILES string of the molecule is [B]c1cnc2[nH]cc(NC(=O)c3cccnc3)c2c1N1CCN(C(=O)CCNC(C)C)CC1. The van der Waals surface area contributed by atoms with E-state index in [9.17, 15) is 9.59 Å². The van der Waals surface area contributed by atoms with Gasteiger partial charge in [0.15, 0.2) is 0 Å². The van der Waals surface area contributed by atoms with Crippen LogP contribution in [0.2, 0.25) is 0 Å². The summed E-state index contributed by atoms with van der Waals surface area (Å²) in [5.74, 6) is -0.107. The van der Waals surface area contributed by atoms with E-state index in [1.807, 2.05) is 4.90 Å². The third kappa shape index (κ3) is 5.17. The smallest absolute Gasteiger partial charge is 0.257 e. The number of pyridine rings is 2. The van der Waals surface area contributed by atoms with Crippen molar-refractivity contribution in [1.82, 2.24) is 25.2 Å². The summed E-state index contributed by atoms with van der Waals surface area (Å²) < 4.78 is 0. The van der Waals surface area contributed by atoms with Gasteiger partial charge in [0.25, 0.3) is 5.91 Å². The highest BCUT2D eigenvalue weighted by molar-refractivity contribution is 6.38. The van der Waals surface area contributed by atoms with Crippen molar-refractivity contribution < 1.29 is 9.59 Å². The average molecular weight is 445 g/mol. The van der Waals surface area contributed by atoms with Crippen molar-refractivity contribution in [3.8, 4) is 0 Å². The Morgan fingerprint density at radius 3 is 2.70 bits per heavy atom. The highest BCUT2D eigenvalue weighted by atomic mass is 16.2. The topological polar surface area (TPSA) is 106 Å². The van der Waals surface area contributed by atoms with Crippen LogP contribution in [0.4, 0.5) is 11.4 Å². The van der Waals surface area contributed by atoms with Crippen molar-refractivity contribution in [3.05, 3.63) is 42.5 Å². The zero-order chi connectivity index (χ0) is 23.4. The van der Waals surface area contributed by atoms with Crippen LogP contribution in [-0.2, 0) is 4.79 Å².